The summed E-state index contributed by atoms with van der Waals surface area (Å²) in [7, 11) is 0. The summed E-state index contributed by atoms with van der Waals surface area (Å²) in [5.41, 5.74) is 5.98. The summed E-state index contributed by atoms with van der Waals surface area (Å²) in [5.74, 6) is 0. The van der Waals surface area contributed by atoms with Gasteiger partial charge in [-0.25, -0.2) is 0 Å². The van der Waals surface area contributed by atoms with E-state index in [1.807, 2.05) is 0 Å². The van der Waals surface area contributed by atoms with Crippen LogP contribution in [0.2, 0.25) is 0 Å². The van der Waals surface area contributed by atoms with Crippen LogP contribution < -0.4 is 5.73 Å². The zero-order valence-electron chi connectivity index (χ0n) is 5.39. The minimum absolute atomic E-state index is 0.620. The van der Waals surface area contributed by atoms with Crippen molar-refractivity contribution < 1.29 is 0 Å². The molecule has 0 amide bonds. The van der Waals surface area contributed by atoms with Crippen molar-refractivity contribution in [1.29, 1.82) is 0 Å². The van der Waals surface area contributed by atoms with Crippen molar-refractivity contribution in [1.82, 2.24) is 0 Å². The highest BCUT2D eigenvalue weighted by Gasteiger charge is 1.76. The molecule has 2 N–H and O–H groups in total. The monoisotopic (exact) mass is 143 g/mol. The van der Waals surface area contributed by atoms with Crippen LogP contribution in [0.15, 0.2) is 35.5 Å². The first-order valence-corrected chi connectivity index (χ1v) is 2.96. The molecule has 1 nitrogen and oxygen atoms in total. The van der Waals surface area contributed by atoms with Crippen LogP contribution in [0.3, 0.4) is 0 Å². The molecule has 50 valence electrons. The first-order chi connectivity index (χ1) is 4.16. The second kappa shape index (κ2) is 4.21. The van der Waals surface area contributed by atoms with E-state index in [0.717, 1.165) is 0 Å². The smallest absolute Gasteiger partial charge is 0.0308 e. The van der Waals surface area contributed by atoms with E-state index in [9.17, 15) is 0 Å². The van der Waals surface area contributed by atoms with Gasteiger partial charge in [-0.1, -0.05) is 18.2 Å². The third kappa shape index (κ3) is 5.18. The lowest BCUT2D eigenvalue weighted by molar-refractivity contribution is 1.43. The number of allylic oxidation sites excluding steroid dienone is 4. The summed E-state index contributed by atoms with van der Waals surface area (Å²) < 4.78 is 0. The van der Waals surface area contributed by atoms with E-state index in [1.165, 1.54) is 0 Å². The standard InChI is InChI=1S/C7H10ClN/c1-3-7(9)5-4-6(2)8/h3-5H,1,9H2,2H3/b6-4+,7-5+. The SMILES string of the molecule is C=C/C(N)=C\C=C(/C)Cl. The number of nitrogens with two attached hydrogens (primary N) is 1. The van der Waals surface area contributed by atoms with Crippen LogP contribution in [0.5, 0.6) is 0 Å². The van der Waals surface area contributed by atoms with E-state index >= 15 is 0 Å². The zero-order valence-corrected chi connectivity index (χ0v) is 6.15. The first-order valence-electron chi connectivity index (χ1n) is 2.59. The van der Waals surface area contributed by atoms with Gasteiger partial charge in [-0.05, 0) is 25.2 Å². The third-order valence-corrected chi connectivity index (χ3v) is 0.867. The number of rotatable bonds is 2. The third-order valence-electron chi connectivity index (χ3n) is 0.741. The molecule has 0 aliphatic heterocycles. The van der Waals surface area contributed by atoms with Crippen molar-refractivity contribution in [3.63, 3.8) is 0 Å². The van der Waals surface area contributed by atoms with Gasteiger partial charge in [0.1, 0.15) is 0 Å². The maximum Gasteiger partial charge on any atom is 0.0308 e. The Hall–Kier alpha value is -0.690. The summed E-state index contributed by atoms with van der Waals surface area (Å²) in [6.45, 7) is 5.26. The normalized spacial score (nSPS) is 13.6. The quantitative estimate of drug-likeness (QED) is 0.589. The number of hydrogen-bond acceptors (Lipinski definition) is 1. The van der Waals surface area contributed by atoms with Gasteiger partial charge in [-0.15, -0.1) is 0 Å². The largest absolute Gasteiger partial charge is 0.399 e. The van der Waals surface area contributed by atoms with Crippen molar-refractivity contribution in [2.24, 2.45) is 5.73 Å². The van der Waals surface area contributed by atoms with Crippen LogP contribution in [-0.4, -0.2) is 0 Å². The Morgan fingerprint density at radius 2 is 2.11 bits per heavy atom. The fourth-order valence-corrected chi connectivity index (χ4v) is 0.342. The molecule has 2 heteroatoms. The Labute approximate surface area is 60.5 Å². The summed E-state index contributed by atoms with van der Waals surface area (Å²) in [5, 5.41) is 0.708. The Morgan fingerprint density at radius 1 is 1.56 bits per heavy atom. The molecule has 0 saturated carbocycles. The molecular weight excluding hydrogens is 134 g/mol. The van der Waals surface area contributed by atoms with Gasteiger partial charge in [0.25, 0.3) is 0 Å². The molecule has 0 heterocycles. The molecule has 0 unspecified atom stereocenters. The van der Waals surface area contributed by atoms with E-state index in [0.29, 0.717) is 10.7 Å². The van der Waals surface area contributed by atoms with Gasteiger partial charge in [0.15, 0.2) is 0 Å². The van der Waals surface area contributed by atoms with Crippen molar-refractivity contribution >= 4 is 11.6 Å². The zero-order chi connectivity index (χ0) is 7.28. The lowest BCUT2D eigenvalue weighted by Gasteiger charge is -1.85. The maximum absolute atomic E-state index is 5.51. The minimum Gasteiger partial charge on any atom is -0.399 e. The predicted octanol–water partition coefficient (Wildman–Crippen LogP) is 2.16. The summed E-state index contributed by atoms with van der Waals surface area (Å²) in [4.78, 5) is 0. The van der Waals surface area contributed by atoms with Crippen molar-refractivity contribution in [3.8, 4) is 0 Å². The highest BCUT2D eigenvalue weighted by Crippen LogP contribution is 1.98. The molecular formula is C7H10ClN. The predicted molar refractivity (Wildman–Crippen MR) is 42.1 cm³/mol. The summed E-state index contributed by atoms with van der Waals surface area (Å²) in [6, 6.07) is 0. The Bertz CT molecular complexity index is 152. The average Bonchev–Trinajstić information content (AvgIpc) is 1.83. The van der Waals surface area contributed by atoms with Crippen LogP contribution in [0.1, 0.15) is 6.92 Å². The molecule has 0 aromatic heterocycles. The molecule has 0 aliphatic rings. The molecule has 0 atom stereocenters. The highest BCUT2D eigenvalue weighted by atomic mass is 35.5. The van der Waals surface area contributed by atoms with Crippen molar-refractivity contribution in [2.75, 3.05) is 0 Å². The molecule has 0 fully saturated rings. The molecule has 0 spiro atoms. The van der Waals surface area contributed by atoms with Crippen LogP contribution in [-0.2, 0) is 0 Å². The van der Waals surface area contributed by atoms with E-state index in [1.54, 1.807) is 25.2 Å². The fraction of sp³-hybridized carbons (Fsp3) is 0.143. The molecule has 0 saturated heterocycles. The van der Waals surface area contributed by atoms with Gasteiger partial charge in [0.05, 0.1) is 0 Å². The summed E-state index contributed by atoms with van der Waals surface area (Å²) in [6.07, 6.45) is 4.99. The van der Waals surface area contributed by atoms with Crippen molar-refractivity contribution in [2.45, 2.75) is 6.92 Å². The number of hydrogen-bond donors (Lipinski definition) is 1. The molecule has 9 heavy (non-hydrogen) atoms. The molecule has 0 rings (SSSR count). The second-order valence-corrected chi connectivity index (χ2v) is 2.22. The fourth-order valence-electron chi connectivity index (χ4n) is 0.279. The lowest BCUT2D eigenvalue weighted by atomic mass is 10.4. The average molecular weight is 144 g/mol. The molecule has 0 radical (unpaired) electrons. The van der Waals surface area contributed by atoms with Crippen LogP contribution in [0.4, 0.5) is 0 Å². The van der Waals surface area contributed by atoms with E-state index in [2.05, 4.69) is 6.58 Å². The minimum atomic E-state index is 0.620. The van der Waals surface area contributed by atoms with Gasteiger partial charge in [-0.3, -0.25) is 0 Å². The van der Waals surface area contributed by atoms with E-state index < -0.39 is 0 Å². The Balaban J connectivity index is 3.98. The van der Waals surface area contributed by atoms with Gasteiger partial charge in [-0.2, -0.15) is 0 Å². The van der Waals surface area contributed by atoms with Crippen molar-refractivity contribution in [3.05, 3.63) is 35.5 Å². The highest BCUT2D eigenvalue weighted by molar-refractivity contribution is 6.29. The van der Waals surface area contributed by atoms with E-state index in [-0.39, 0.29) is 0 Å². The Morgan fingerprint density at radius 3 is 2.44 bits per heavy atom. The number of halogens is 1. The van der Waals surface area contributed by atoms with Gasteiger partial charge < -0.3 is 5.73 Å². The second-order valence-electron chi connectivity index (χ2n) is 1.62. The first kappa shape index (κ1) is 8.31. The van der Waals surface area contributed by atoms with E-state index in [4.69, 9.17) is 17.3 Å². The van der Waals surface area contributed by atoms with Gasteiger partial charge >= 0.3 is 0 Å². The van der Waals surface area contributed by atoms with Crippen LogP contribution in [0.25, 0.3) is 0 Å². The molecule has 0 bridgehead atoms. The molecule has 0 aliphatic carbocycles. The van der Waals surface area contributed by atoms with Gasteiger partial charge in [0, 0.05) is 10.7 Å². The topological polar surface area (TPSA) is 26.0 Å². The molecule has 0 aromatic carbocycles. The van der Waals surface area contributed by atoms with Crippen LogP contribution >= 0.6 is 11.6 Å². The lowest BCUT2D eigenvalue weighted by Crippen LogP contribution is -1.89. The summed E-state index contributed by atoms with van der Waals surface area (Å²) >= 11 is 5.51. The Kier molecular flexibility index (Phi) is 3.89. The maximum atomic E-state index is 5.51. The molecule has 0 aromatic rings. The van der Waals surface area contributed by atoms with Gasteiger partial charge in [0.2, 0.25) is 0 Å². The van der Waals surface area contributed by atoms with Crippen LogP contribution in [0, 0.1) is 0 Å².